The van der Waals surface area contributed by atoms with Crippen molar-refractivity contribution in [3.63, 3.8) is 0 Å². The summed E-state index contributed by atoms with van der Waals surface area (Å²) < 4.78 is 5.77. The molecule has 1 aromatic carbocycles. The second-order valence-corrected chi connectivity index (χ2v) is 6.69. The molecule has 0 aliphatic carbocycles. The summed E-state index contributed by atoms with van der Waals surface area (Å²) in [5.74, 6) is 1.35. The number of halogens is 1. The van der Waals surface area contributed by atoms with Gasteiger partial charge in [-0.05, 0) is 35.7 Å². The fraction of sp³-hybridized carbons (Fsp3) is 0.0556. The van der Waals surface area contributed by atoms with Gasteiger partial charge in [0, 0.05) is 22.1 Å². The Hall–Kier alpha value is -2.70. The lowest BCUT2D eigenvalue weighted by Crippen LogP contribution is -1.97. The Bertz CT molecular complexity index is 1000. The molecule has 0 unspecified atom stereocenters. The standard InChI is InChI=1S/C18H13ClN4OS/c19-15-8-12(3-4-17(15)24-10-13-2-1-7-25-13)23-18-14-5-6-20-9-16(14)21-11-22-18/h1-9,11H,10H2,(H,21,22,23). The van der Waals surface area contributed by atoms with Gasteiger partial charge in [0.2, 0.25) is 0 Å². The fourth-order valence-corrected chi connectivity index (χ4v) is 3.23. The number of thiophene rings is 1. The van der Waals surface area contributed by atoms with Crippen molar-refractivity contribution in [1.29, 1.82) is 0 Å². The molecule has 0 aliphatic rings. The van der Waals surface area contributed by atoms with Crippen molar-refractivity contribution >= 4 is 45.3 Å². The Morgan fingerprint density at radius 3 is 2.96 bits per heavy atom. The molecule has 0 saturated heterocycles. The molecular formula is C18H13ClN4OS. The minimum atomic E-state index is 0.508. The Balaban J connectivity index is 1.54. The van der Waals surface area contributed by atoms with E-state index in [-0.39, 0.29) is 0 Å². The van der Waals surface area contributed by atoms with Crippen LogP contribution in [0.1, 0.15) is 4.88 Å². The van der Waals surface area contributed by atoms with Crippen molar-refractivity contribution in [1.82, 2.24) is 15.0 Å². The molecule has 3 aromatic heterocycles. The number of anilines is 2. The van der Waals surface area contributed by atoms with Gasteiger partial charge in [-0.15, -0.1) is 11.3 Å². The molecule has 124 valence electrons. The molecule has 25 heavy (non-hydrogen) atoms. The third-order valence-electron chi connectivity index (χ3n) is 3.58. The average Bonchev–Trinajstić information content (AvgIpc) is 3.15. The third kappa shape index (κ3) is 3.55. The lowest BCUT2D eigenvalue weighted by molar-refractivity contribution is 0.310. The summed E-state index contributed by atoms with van der Waals surface area (Å²) in [6, 6.07) is 11.5. The predicted octanol–water partition coefficient (Wildman–Crippen LogP) is 5.06. The van der Waals surface area contributed by atoms with E-state index >= 15 is 0 Å². The minimum Gasteiger partial charge on any atom is -0.487 e. The highest BCUT2D eigenvalue weighted by molar-refractivity contribution is 7.09. The van der Waals surface area contributed by atoms with Gasteiger partial charge < -0.3 is 10.1 Å². The number of nitrogens with zero attached hydrogens (tertiary/aromatic N) is 3. The van der Waals surface area contributed by atoms with Gasteiger partial charge in [-0.2, -0.15) is 0 Å². The van der Waals surface area contributed by atoms with Crippen LogP contribution in [0.5, 0.6) is 5.75 Å². The van der Waals surface area contributed by atoms with Gasteiger partial charge in [0.25, 0.3) is 0 Å². The van der Waals surface area contributed by atoms with Crippen molar-refractivity contribution in [3.8, 4) is 5.75 Å². The van der Waals surface area contributed by atoms with Crippen molar-refractivity contribution in [2.45, 2.75) is 6.61 Å². The Morgan fingerprint density at radius 1 is 1.16 bits per heavy atom. The quantitative estimate of drug-likeness (QED) is 0.533. The van der Waals surface area contributed by atoms with E-state index in [2.05, 4.69) is 20.3 Å². The van der Waals surface area contributed by atoms with Crippen LogP contribution >= 0.6 is 22.9 Å². The number of nitrogens with one attached hydrogen (secondary N) is 1. The molecule has 0 aliphatic heterocycles. The summed E-state index contributed by atoms with van der Waals surface area (Å²) in [5, 5.41) is 6.73. The van der Waals surface area contributed by atoms with E-state index in [9.17, 15) is 0 Å². The third-order valence-corrected chi connectivity index (χ3v) is 4.73. The van der Waals surface area contributed by atoms with Crippen LogP contribution in [-0.2, 0) is 6.61 Å². The highest BCUT2D eigenvalue weighted by Gasteiger charge is 2.07. The van der Waals surface area contributed by atoms with E-state index in [1.165, 1.54) is 6.33 Å². The summed E-state index contributed by atoms with van der Waals surface area (Å²) in [4.78, 5) is 13.7. The summed E-state index contributed by atoms with van der Waals surface area (Å²) in [6.45, 7) is 0.508. The van der Waals surface area contributed by atoms with E-state index in [0.717, 1.165) is 21.5 Å². The summed E-state index contributed by atoms with van der Waals surface area (Å²) in [7, 11) is 0. The molecular weight excluding hydrogens is 356 g/mol. The molecule has 0 spiro atoms. The van der Waals surface area contributed by atoms with Crippen LogP contribution in [0.2, 0.25) is 5.02 Å². The van der Waals surface area contributed by atoms with Gasteiger partial charge in [-0.25, -0.2) is 9.97 Å². The first kappa shape index (κ1) is 15.8. The zero-order valence-electron chi connectivity index (χ0n) is 13.0. The number of aromatic nitrogens is 3. The highest BCUT2D eigenvalue weighted by Crippen LogP contribution is 2.31. The SMILES string of the molecule is Clc1cc(Nc2ncnc3cnccc23)ccc1OCc1cccs1. The summed E-state index contributed by atoms with van der Waals surface area (Å²) in [6.07, 6.45) is 4.93. The molecule has 0 amide bonds. The van der Waals surface area contributed by atoms with Gasteiger partial charge in [0.1, 0.15) is 24.5 Å². The molecule has 4 aromatic rings. The van der Waals surface area contributed by atoms with Gasteiger partial charge in [-0.3, -0.25) is 4.98 Å². The molecule has 7 heteroatoms. The first-order chi connectivity index (χ1) is 12.3. The molecule has 0 bridgehead atoms. The number of pyridine rings is 1. The van der Waals surface area contributed by atoms with E-state index < -0.39 is 0 Å². The molecule has 0 radical (unpaired) electrons. The van der Waals surface area contributed by atoms with Crippen molar-refractivity contribution in [2.24, 2.45) is 0 Å². The monoisotopic (exact) mass is 368 g/mol. The maximum absolute atomic E-state index is 6.35. The maximum Gasteiger partial charge on any atom is 0.141 e. The zero-order valence-corrected chi connectivity index (χ0v) is 14.6. The normalized spacial score (nSPS) is 10.8. The van der Waals surface area contributed by atoms with E-state index in [1.54, 1.807) is 23.7 Å². The average molecular weight is 369 g/mol. The van der Waals surface area contributed by atoms with Crippen LogP contribution in [0.4, 0.5) is 11.5 Å². The Kier molecular flexibility index (Phi) is 4.45. The van der Waals surface area contributed by atoms with Gasteiger partial charge >= 0.3 is 0 Å². The number of benzene rings is 1. The van der Waals surface area contributed by atoms with Crippen LogP contribution in [-0.4, -0.2) is 15.0 Å². The molecule has 0 atom stereocenters. The van der Waals surface area contributed by atoms with Crippen LogP contribution in [0.15, 0.2) is 60.5 Å². The van der Waals surface area contributed by atoms with Gasteiger partial charge in [-0.1, -0.05) is 17.7 Å². The van der Waals surface area contributed by atoms with E-state index in [0.29, 0.717) is 23.2 Å². The molecule has 4 rings (SSSR count). The molecule has 1 N–H and O–H groups in total. The smallest absolute Gasteiger partial charge is 0.141 e. The van der Waals surface area contributed by atoms with Gasteiger partial charge in [0.05, 0.1) is 16.7 Å². The Morgan fingerprint density at radius 2 is 2.12 bits per heavy atom. The van der Waals surface area contributed by atoms with Crippen LogP contribution < -0.4 is 10.1 Å². The van der Waals surface area contributed by atoms with Crippen LogP contribution in [0.3, 0.4) is 0 Å². The van der Waals surface area contributed by atoms with E-state index in [1.807, 2.05) is 41.8 Å². The predicted molar refractivity (Wildman–Crippen MR) is 101 cm³/mol. The Labute approximate surface area is 153 Å². The topological polar surface area (TPSA) is 59.9 Å². The zero-order chi connectivity index (χ0) is 17.1. The van der Waals surface area contributed by atoms with E-state index in [4.69, 9.17) is 16.3 Å². The number of ether oxygens (including phenoxy) is 1. The van der Waals surface area contributed by atoms with Crippen molar-refractivity contribution in [3.05, 3.63) is 70.4 Å². The van der Waals surface area contributed by atoms with Crippen LogP contribution in [0, 0.1) is 0 Å². The van der Waals surface area contributed by atoms with Crippen molar-refractivity contribution < 1.29 is 4.74 Å². The maximum atomic E-state index is 6.35. The largest absolute Gasteiger partial charge is 0.487 e. The van der Waals surface area contributed by atoms with Gasteiger partial charge in [0.15, 0.2) is 0 Å². The lowest BCUT2D eigenvalue weighted by Gasteiger charge is -2.11. The molecule has 0 saturated carbocycles. The lowest BCUT2D eigenvalue weighted by atomic mass is 10.2. The number of fused-ring (bicyclic) bond motifs is 1. The molecule has 3 heterocycles. The first-order valence-electron chi connectivity index (χ1n) is 7.56. The second kappa shape index (κ2) is 7.04. The summed E-state index contributed by atoms with van der Waals surface area (Å²) >= 11 is 8.00. The second-order valence-electron chi connectivity index (χ2n) is 5.25. The number of rotatable bonds is 5. The molecule has 5 nitrogen and oxygen atoms in total. The fourth-order valence-electron chi connectivity index (χ4n) is 2.38. The number of hydrogen-bond acceptors (Lipinski definition) is 6. The highest BCUT2D eigenvalue weighted by atomic mass is 35.5. The van der Waals surface area contributed by atoms with Crippen LogP contribution in [0.25, 0.3) is 10.9 Å². The summed E-state index contributed by atoms with van der Waals surface area (Å²) in [5.41, 5.74) is 1.60. The van der Waals surface area contributed by atoms with Crippen molar-refractivity contribution in [2.75, 3.05) is 5.32 Å². The minimum absolute atomic E-state index is 0.508. The molecule has 0 fully saturated rings. The first-order valence-corrected chi connectivity index (χ1v) is 8.82. The number of hydrogen-bond donors (Lipinski definition) is 1.